The minimum Gasteiger partial charge on any atom is -0.457 e. The lowest BCUT2D eigenvalue weighted by atomic mass is 9.99. The number of hydrogen-bond acceptors (Lipinski definition) is 8. The summed E-state index contributed by atoms with van der Waals surface area (Å²) in [6.07, 6.45) is -2.31. The van der Waals surface area contributed by atoms with Crippen LogP contribution >= 0.6 is 0 Å². The van der Waals surface area contributed by atoms with E-state index < -0.39 is 24.6 Å². The second-order valence-electron chi connectivity index (χ2n) is 9.59. The topological polar surface area (TPSA) is 81.7 Å². The van der Waals surface area contributed by atoms with Crippen molar-refractivity contribution < 1.29 is 38.0 Å². The zero-order chi connectivity index (χ0) is 26.2. The van der Waals surface area contributed by atoms with Gasteiger partial charge in [0.2, 0.25) is 0 Å². The van der Waals surface area contributed by atoms with Gasteiger partial charge < -0.3 is 33.2 Å². The van der Waals surface area contributed by atoms with Crippen LogP contribution in [0.4, 0.5) is 0 Å². The van der Waals surface area contributed by atoms with Crippen LogP contribution < -0.4 is 0 Å². The smallest absolute Gasteiger partial charge is 0.303 e. The summed E-state index contributed by atoms with van der Waals surface area (Å²) in [4.78, 5) is 11.8. The normalized spacial score (nSPS) is 32.1. The first kappa shape index (κ1) is 27.7. The molecule has 0 spiro atoms. The Morgan fingerprint density at radius 2 is 1.27 bits per heavy atom. The van der Waals surface area contributed by atoms with Gasteiger partial charge in [0, 0.05) is 26.9 Å². The highest BCUT2D eigenvalue weighted by atomic mass is 16.7. The second-order valence-corrected chi connectivity index (χ2v) is 9.59. The van der Waals surface area contributed by atoms with E-state index in [1.54, 1.807) is 7.11 Å². The van der Waals surface area contributed by atoms with Crippen molar-refractivity contribution in [3.63, 3.8) is 0 Å². The van der Waals surface area contributed by atoms with Crippen LogP contribution in [0.1, 0.15) is 44.7 Å². The van der Waals surface area contributed by atoms with Gasteiger partial charge in [-0.15, -0.1) is 0 Å². The van der Waals surface area contributed by atoms with Crippen LogP contribution in [-0.4, -0.2) is 62.3 Å². The Balaban J connectivity index is 1.44. The summed E-state index contributed by atoms with van der Waals surface area (Å²) in [5.41, 5.74) is 2.12. The van der Waals surface area contributed by atoms with Gasteiger partial charge in [-0.3, -0.25) is 4.79 Å². The standard InChI is InChI=1S/C29H38O8/c1-19-28(36-21(3)30)25(33-18-23-13-9-6-10-14-23)16-27(35-19)37-29-20(2)34-26(31-4)15-24(29)32-17-22-11-7-5-8-12-22/h5-14,19-20,24-29H,15-18H2,1-4H3/t19-,20-,24-,25-,26+,27-,28-,29-/m1/s1. The van der Waals surface area contributed by atoms with Crippen molar-refractivity contribution in [2.75, 3.05) is 7.11 Å². The molecular formula is C29H38O8. The van der Waals surface area contributed by atoms with Crippen molar-refractivity contribution >= 4 is 5.97 Å². The van der Waals surface area contributed by atoms with Gasteiger partial charge in [0.1, 0.15) is 12.2 Å². The molecule has 2 aromatic carbocycles. The van der Waals surface area contributed by atoms with Crippen LogP contribution in [0.2, 0.25) is 0 Å². The number of carbonyl (C=O) groups is 1. The molecule has 37 heavy (non-hydrogen) atoms. The summed E-state index contributed by atoms with van der Waals surface area (Å²) in [6, 6.07) is 19.9. The van der Waals surface area contributed by atoms with Crippen LogP contribution in [0, 0.1) is 0 Å². The van der Waals surface area contributed by atoms with E-state index in [9.17, 15) is 4.79 Å². The fourth-order valence-corrected chi connectivity index (χ4v) is 4.85. The lowest BCUT2D eigenvalue weighted by Crippen LogP contribution is -2.55. The first-order valence-corrected chi connectivity index (χ1v) is 12.9. The average molecular weight is 515 g/mol. The number of esters is 1. The molecule has 8 atom stereocenters. The first-order chi connectivity index (χ1) is 17.9. The quantitative estimate of drug-likeness (QED) is 0.432. The molecule has 2 saturated heterocycles. The highest BCUT2D eigenvalue weighted by Gasteiger charge is 2.44. The van der Waals surface area contributed by atoms with Gasteiger partial charge in [-0.05, 0) is 25.0 Å². The largest absolute Gasteiger partial charge is 0.457 e. The summed E-state index contributed by atoms with van der Waals surface area (Å²) in [5.74, 6) is -0.373. The van der Waals surface area contributed by atoms with E-state index in [4.69, 9.17) is 33.2 Å². The van der Waals surface area contributed by atoms with E-state index in [-0.39, 0.29) is 30.6 Å². The molecule has 2 heterocycles. The molecule has 4 rings (SSSR count). The predicted octanol–water partition coefficient (Wildman–Crippen LogP) is 4.39. The summed E-state index contributed by atoms with van der Waals surface area (Å²) >= 11 is 0. The zero-order valence-electron chi connectivity index (χ0n) is 22.0. The molecule has 8 heteroatoms. The van der Waals surface area contributed by atoms with Gasteiger partial charge in [0.15, 0.2) is 18.7 Å². The predicted molar refractivity (Wildman–Crippen MR) is 135 cm³/mol. The first-order valence-electron chi connectivity index (χ1n) is 12.9. The van der Waals surface area contributed by atoms with Crippen LogP contribution in [0.3, 0.4) is 0 Å². The third-order valence-corrected chi connectivity index (χ3v) is 6.73. The molecule has 8 nitrogen and oxygen atoms in total. The Morgan fingerprint density at radius 1 is 0.784 bits per heavy atom. The molecular weight excluding hydrogens is 476 g/mol. The van der Waals surface area contributed by atoms with E-state index in [2.05, 4.69) is 0 Å². The number of rotatable bonds is 10. The Labute approximate surface area is 219 Å². The Morgan fingerprint density at radius 3 is 1.81 bits per heavy atom. The minimum absolute atomic E-state index is 0.261. The van der Waals surface area contributed by atoms with E-state index in [1.165, 1.54) is 6.92 Å². The van der Waals surface area contributed by atoms with Gasteiger partial charge >= 0.3 is 5.97 Å². The van der Waals surface area contributed by atoms with Gasteiger partial charge in [0.05, 0.1) is 31.5 Å². The molecule has 0 saturated carbocycles. The van der Waals surface area contributed by atoms with Gasteiger partial charge in [0.25, 0.3) is 0 Å². The van der Waals surface area contributed by atoms with Crippen LogP contribution in [0.15, 0.2) is 60.7 Å². The Bertz CT molecular complexity index is 955. The van der Waals surface area contributed by atoms with Crippen molar-refractivity contribution in [1.29, 1.82) is 0 Å². The highest BCUT2D eigenvalue weighted by Crippen LogP contribution is 2.32. The summed E-state index contributed by atoms with van der Waals surface area (Å²) in [6.45, 7) is 6.06. The van der Waals surface area contributed by atoms with Gasteiger partial charge in [-0.25, -0.2) is 0 Å². The third kappa shape index (κ3) is 7.83. The van der Waals surface area contributed by atoms with Crippen LogP contribution in [0.5, 0.6) is 0 Å². The molecule has 2 fully saturated rings. The fourth-order valence-electron chi connectivity index (χ4n) is 4.85. The van der Waals surface area contributed by atoms with Crippen LogP contribution in [0.25, 0.3) is 0 Å². The maximum Gasteiger partial charge on any atom is 0.303 e. The van der Waals surface area contributed by atoms with E-state index in [0.29, 0.717) is 26.1 Å². The highest BCUT2D eigenvalue weighted by molar-refractivity contribution is 5.66. The molecule has 0 aliphatic carbocycles. The van der Waals surface area contributed by atoms with Gasteiger partial charge in [-0.2, -0.15) is 0 Å². The third-order valence-electron chi connectivity index (χ3n) is 6.73. The van der Waals surface area contributed by atoms with Crippen molar-refractivity contribution in [1.82, 2.24) is 0 Å². The summed E-state index contributed by atoms with van der Waals surface area (Å²) in [5, 5.41) is 0. The lowest BCUT2D eigenvalue weighted by Gasteiger charge is -2.44. The van der Waals surface area contributed by atoms with Crippen molar-refractivity contribution in [2.45, 2.75) is 96.0 Å². The number of benzene rings is 2. The summed E-state index contributed by atoms with van der Waals surface area (Å²) < 4.78 is 42.3. The SMILES string of the molecule is CO[C@@H]1C[C@@H](OCc2ccccc2)[C@H](O[C@@H]2C[C@@H](OCc3ccccc3)[C@H](OC(C)=O)[C@@H](C)O2)[C@@H](C)O1. The molecule has 0 amide bonds. The van der Waals surface area contributed by atoms with Crippen molar-refractivity contribution in [3.8, 4) is 0 Å². The number of hydrogen-bond donors (Lipinski definition) is 0. The molecule has 2 aliphatic heterocycles. The second kappa shape index (κ2) is 13.5. The Kier molecular flexibility index (Phi) is 10.1. The monoisotopic (exact) mass is 514 g/mol. The average Bonchev–Trinajstić information content (AvgIpc) is 2.90. The van der Waals surface area contributed by atoms with Crippen LogP contribution in [-0.2, 0) is 51.2 Å². The molecule has 0 unspecified atom stereocenters. The van der Waals surface area contributed by atoms with E-state index in [0.717, 1.165) is 11.1 Å². The molecule has 202 valence electrons. The molecule has 0 aromatic heterocycles. The van der Waals surface area contributed by atoms with E-state index >= 15 is 0 Å². The fraction of sp³-hybridized carbons (Fsp3) is 0.552. The maximum absolute atomic E-state index is 11.8. The number of ether oxygens (including phenoxy) is 7. The van der Waals surface area contributed by atoms with Crippen molar-refractivity contribution in [3.05, 3.63) is 71.8 Å². The number of methoxy groups -OCH3 is 1. The molecule has 0 bridgehead atoms. The minimum atomic E-state index is -0.583. The zero-order valence-corrected chi connectivity index (χ0v) is 22.0. The number of carbonyl (C=O) groups excluding carboxylic acids is 1. The Hall–Kier alpha value is -2.33. The molecule has 0 radical (unpaired) electrons. The van der Waals surface area contributed by atoms with E-state index in [1.807, 2.05) is 74.5 Å². The lowest BCUT2D eigenvalue weighted by molar-refractivity contribution is -0.317. The molecule has 2 aliphatic rings. The summed E-state index contributed by atoms with van der Waals surface area (Å²) in [7, 11) is 1.63. The maximum atomic E-state index is 11.8. The van der Waals surface area contributed by atoms with Crippen molar-refractivity contribution in [2.24, 2.45) is 0 Å². The molecule has 0 N–H and O–H groups in total. The van der Waals surface area contributed by atoms with Gasteiger partial charge in [-0.1, -0.05) is 60.7 Å². The molecule has 2 aromatic rings.